The molecule has 1 fully saturated rings. The fourth-order valence-corrected chi connectivity index (χ4v) is 3.38. The quantitative estimate of drug-likeness (QED) is 0.892. The molecule has 0 spiro atoms. The first kappa shape index (κ1) is 15.1. The first-order valence-electron chi connectivity index (χ1n) is 8.13. The number of aryl methyl sites for hydroxylation is 1. The normalized spacial score (nSPS) is 17.0. The van der Waals surface area contributed by atoms with Gasteiger partial charge in [0.25, 0.3) is 0 Å². The second-order valence-electron chi connectivity index (χ2n) is 6.42. The Labute approximate surface area is 131 Å². The maximum Gasteiger partial charge on any atom is 0.220 e. The highest BCUT2D eigenvalue weighted by Crippen LogP contribution is 2.27. The lowest BCUT2D eigenvalue weighted by Gasteiger charge is -2.14. The third kappa shape index (κ3) is 3.33. The van der Waals surface area contributed by atoms with E-state index in [0.717, 1.165) is 16.5 Å². The van der Waals surface area contributed by atoms with Gasteiger partial charge in [0.15, 0.2) is 0 Å². The molecule has 22 heavy (non-hydrogen) atoms. The van der Waals surface area contributed by atoms with Crippen LogP contribution in [0, 0.1) is 5.92 Å². The zero-order chi connectivity index (χ0) is 15.5. The van der Waals surface area contributed by atoms with Gasteiger partial charge < -0.3 is 15.0 Å². The number of carbonyl (C=O) groups is 1. The number of carbonyl (C=O) groups excluding carboxylic acids is 1. The van der Waals surface area contributed by atoms with Gasteiger partial charge in [-0.05, 0) is 47.9 Å². The van der Waals surface area contributed by atoms with Crippen molar-refractivity contribution in [3.05, 3.63) is 36.0 Å². The van der Waals surface area contributed by atoms with Crippen LogP contribution < -0.4 is 5.32 Å². The number of nitrogens with one attached hydrogen (secondary N) is 1. The second-order valence-corrected chi connectivity index (χ2v) is 6.42. The average Bonchev–Trinajstić information content (AvgIpc) is 3.15. The molecule has 0 aliphatic heterocycles. The molecule has 1 aliphatic rings. The van der Waals surface area contributed by atoms with Gasteiger partial charge in [-0.2, -0.15) is 0 Å². The second kappa shape index (κ2) is 6.53. The molecule has 4 heteroatoms. The third-order valence-electron chi connectivity index (χ3n) is 4.74. The minimum absolute atomic E-state index is 0.0618. The van der Waals surface area contributed by atoms with Crippen molar-refractivity contribution in [2.75, 3.05) is 6.54 Å². The zero-order valence-electron chi connectivity index (χ0n) is 13.1. The molecule has 0 saturated heterocycles. The van der Waals surface area contributed by atoms with Gasteiger partial charge in [-0.15, -0.1) is 0 Å². The highest BCUT2D eigenvalue weighted by molar-refractivity contribution is 5.81. The van der Waals surface area contributed by atoms with E-state index in [0.29, 0.717) is 12.3 Å². The van der Waals surface area contributed by atoms with Gasteiger partial charge in [-0.3, -0.25) is 4.79 Å². The summed E-state index contributed by atoms with van der Waals surface area (Å²) in [4.78, 5) is 11.9. The third-order valence-corrected chi connectivity index (χ3v) is 4.74. The van der Waals surface area contributed by atoms with E-state index in [1.807, 2.05) is 37.5 Å². The van der Waals surface area contributed by atoms with Gasteiger partial charge >= 0.3 is 0 Å². The van der Waals surface area contributed by atoms with Crippen molar-refractivity contribution >= 4 is 16.8 Å². The monoisotopic (exact) mass is 300 g/mol. The van der Waals surface area contributed by atoms with Crippen LogP contribution in [0.3, 0.4) is 0 Å². The van der Waals surface area contributed by atoms with E-state index in [1.54, 1.807) is 0 Å². The molecule has 1 unspecified atom stereocenters. The highest BCUT2D eigenvalue weighted by Gasteiger charge is 2.19. The Morgan fingerprint density at radius 2 is 2.14 bits per heavy atom. The standard InChI is InChI=1S/C18H24N2O2/c1-20-9-8-14-11-15(6-7-16(14)20)17(21)12-19-18(22)10-13-4-2-3-5-13/h6-9,11,13,17,21H,2-5,10,12H2,1H3,(H,19,22). The lowest BCUT2D eigenvalue weighted by Crippen LogP contribution is -2.29. The molecule has 1 aromatic carbocycles. The summed E-state index contributed by atoms with van der Waals surface area (Å²) in [6.07, 6.45) is 6.78. The van der Waals surface area contributed by atoms with Gasteiger partial charge in [-0.25, -0.2) is 0 Å². The Balaban J connectivity index is 1.55. The van der Waals surface area contributed by atoms with Crippen LogP contribution in [0.2, 0.25) is 0 Å². The summed E-state index contributed by atoms with van der Waals surface area (Å²) in [6.45, 7) is 0.282. The number of benzene rings is 1. The van der Waals surface area contributed by atoms with Crippen molar-refractivity contribution in [2.24, 2.45) is 13.0 Å². The topological polar surface area (TPSA) is 54.3 Å². The summed E-state index contributed by atoms with van der Waals surface area (Å²) in [7, 11) is 2.00. The number of hydrogen-bond donors (Lipinski definition) is 2. The fraction of sp³-hybridized carbons (Fsp3) is 0.500. The van der Waals surface area contributed by atoms with Gasteiger partial charge in [0.1, 0.15) is 0 Å². The molecule has 1 aromatic heterocycles. The Bertz CT molecular complexity index is 656. The molecule has 1 atom stereocenters. The number of aliphatic hydroxyl groups is 1. The van der Waals surface area contributed by atoms with E-state index in [-0.39, 0.29) is 12.5 Å². The molecule has 0 radical (unpaired) electrons. The van der Waals surface area contributed by atoms with Crippen LogP contribution in [0.5, 0.6) is 0 Å². The maximum atomic E-state index is 11.9. The zero-order valence-corrected chi connectivity index (χ0v) is 13.1. The van der Waals surface area contributed by atoms with Crippen LogP contribution in [0.4, 0.5) is 0 Å². The van der Waals surface area contributed by atoms with E-state index in [1.165, 1.54) is 25.7 Å². The van der Waals surface area contributed by atoms with Crippen LogP contribution in [0.15, 0.2) is 30.5 Å². The lowest BCUT2D eigenvalue weighted by molar-refractivity contribution is -0.122. The number of aromatic nitrogens is 1. The summed E-state index contributed by atoms with van der Waals surface area (Å²) in [6, 6.07) is 7.96. The summed E-state index contributed by atoms with van der Waals surface area (Å²) >= 11 is 0. The molecule has 3 rings (SSSR count). The predicted octanol–water partition coefficient (Wildman–Crippen LogP) is 2.91. The van der Waals surface area contributed by atoms with E-state index in [4.69, 9.17) is 0 Å². The maximum absolute atomic E-state index is 11.9. The Kier molecular flexibility index (Phi) is 4.48. The number of aliphatic hydroxyl groups excluding tert-OH is 1. The van der Waals surface area contributed by atoms with Gasteiger partial charge in [0, 0.05) is 31.7 Å². The molecule has 4 nitrogen and oxygen atoms in total. The number of nitrogens with zero attached hydrogens (tertiary/aromatic N) is 1. The molecular weight excluding hydrogens is 276 g/mol. The summed E-state index contributed by atoms with van der Waals surface area (Å²) < 4.78 is 2.05. The van der Waals surface area contributed by atoms with E-state index in [2.05, 4.69) is 9.88 Å². The minimum Gasteiger partial charge on any atom is -0.387 e. The predicted molar refractivity (Wildman–Crippen MR) is 87.5 cm³/mol. The molecule has 0 bridgehead atoms. The number of rotatable bonds is 5. The van der Waals surface area contributed by atoms with Crippen molar-refractivity contribution in [2.45, 2.75) is 38.2 Å². The molecule has 2 N–H and O–H groups in total. The molecule has 1 aliphatic carbocycles. The van der Waals surface area contributed by atoms with Crippen molar-refractivity contribution in [3.63, 3.8) is 0 Å². The largest absolute Gasteiger partial charge is 0.387 e. The van der Waals surface area contributed by atoms with Crippen molar-refractivity contribution in [3.8, 4) is 0 Å². The Morgan fingerprint density at radius 3 is 2.91 bits per heavy atom. The molecule has 1 amide bonds. The Morgan fingerprint density at radius 1 is 1.36 bits per heavy atom. The number of fused-ring (bicyclic) bond motifs is 1. The van der Waals surface area contributed by atoms with E-state index in [9.17, 15) is 9.90 Å². The SMILES string of the molecule is Cn1ccc2cc(C(O)CNC(=O)CC3CCCC3)ccc21. The average molecular weight is 300 g/mol. The van der Waals surface area contributed by atoms with Crippen LogP contribution in [0.1, 0.15) is 43.8 Å². The van der Waals surface area contributed by atoms with Crippen molar-refractivity contribution in [1.29, 1.82) is 0 Å². The highest BCUT2D eigenvalue weighted by atomic mass is 16.3. The first-order valence-corrected chi connectivity index (χ1v) is 8.13. The van der Waals surface area contributed by atoms with Gasteiger partial charge in [0.2, 0.25) is 5.91 Å². The first-order chi connectivity index (χ1) is 10.6. The van der Waals surface area contributed by atoms with Crippen LogP contribution in [-0.2, 0) is 11.8 Å². The smallest absolute Gasteiger partial charge is 0.220 e. The lowest BCUT2D eigenvalue weighted by atomic mass is 10.0. The van der Waals surface area contributed by atoms with Crippen LogP contribution in [-0.4, -0.2) is 22.1 Å². The molecule has 1 heterocycles. The Hall–Kier alpha value is -1.81. The summed E-state index contributed by atoms with van der Waals surface area (Å²) in [5.74, 6) is 0.601. The van der Waals surface area contributed by atoms with E-state index < -0.39 is 6.10 Å². The van der Waals surface area contributed by atoms with Gasteiger partial charge in [-0.1, -0.05) is 18.9 Å². The minimum atomic E-state index is -0.655. The molecule has 118 valence electrons. The molecule has 1 saturated carbocycles. The van der Waals surface area contributed by atoms with Crippen molar-refractivity contribution in [1.82, 2.24) is 9.88 Å². The summed E-state index contributed by atoms with van der Waals surface area (Å²) in [5.41, 5.74) is 1.99. The van der Waals surface area contributed by atoms with Crippen LogP contribution in [0.25, 0.3) is 10.9 Å². The van der Waals surface area contributed by atoms with E-state index >= 15 is 0 Å². The van der Waals surface area contributed by atoms with Crippen LogP contribution >= 0.6 is 0 Å². The van der Waals surface area contributed by atoms with Crippen molar-refractivity contribution < 1.29 is 9.90 Å². The molecule has 2 aromatic rings. The fourth-order valence-electron chi connectivity index (χ4n) is 3.38. The number of amides is 1. The number of hydrogen-bond acceptors (Lipinski definition) is 2. The van der Waals surface area contributed by atoms with Gasteiger partial charge in [0.05, 0.1) is 6.10 Å². The molecular formula is C18H24N2O2. The summed E-state index contributed by atoms with van der Waals surface area (Å²) in [5, 5.41) is 14.2.